The highest BCUT2D eigenvalue weighted by Gasteiger charge is 2.11. The maximum absolute atomic E-state index is 6.14. The van der Waals surface area contributed by atoms with Crippen molar-refractivity contribution in [3.8, 4) is 0 Å². The third kappa shape index (κ3) is 2.42. The van der Waals surface area contributed by atoms with Gasteiger partial charge in [-0.25, -0.2) is 0 Å². The van der Waals surface area contributed by atoms with E-state index in [4.69, 9.17) is 16.0 Å². The van der Waals surface area contributed by atoms with Gasteiger partial charge >= 0.3 is 0 Å². The Labute approximate surface area is 116 Å². The van der Waals surface area contributed by atoms with Crippen LogP contribution in [0, 0.1) is 0 Å². The van der Waals surface area contributed by atoms with Gasteiger partial charge in [-0.15, -0.1) is 0 Å². The summed E-state index contributed by atoms with van der Waals surface area (Å²) in [7, 11) is 0. The lowest BCUT2D eigenvalue weighted by Gasteiger charge is -2.14. The zero-order valence-corrected chi connectivity index (χ0v) is 11.2. The number of furan rings is 1. The summed E-state index contributed by atoms with van der Waals surface area (Å²) in [6, 6.07) is 11.6. The lowest BCUT2D eigenvalue weighted by Crippen LogP contribution is -2.06. The van der Waals surface area contributed by atoms with Crippen LogP contribution >= 0.6 is 11.6 Å². The van der Waals surface area contributed by atoms with Crippen molar-refractivity contribution in [2.24, 2.45) is 0 Å². The average molecular weight is 273 g/mol. The lowest BCUT2D eigenvalue weighted by molar-refractivity contribution is 0.491. The van der Waals surface area contributed by atoms with Gasteiger partial charge in [0.05, 0.1) is 23.5 Å². The molecule has 96 valence electrons. The predicted octanol–water partition coefficient (Wildman–Crippen LogP) is 4.65. The number of hydrogen-bond donors (Lipinski definition) is 1. The van der Waals surface area contributed by atoms with Crippen LogP contribution in [0.3, 0.4) is 0 Å². The first-order chi connectivity index (χ1) is 9.24. The second-order valence-corrected chi connectivity index (χ2v) is 4.85. The summed E-state index contributed by atoms with van der Waals surface area (Å²) < 4.78 is 5.39. The minimum atomic E-state index is 0.0543. The molecule has 0 saturated heterocycles. The van der Waals surface area contributed by atoms with E-state index in [0.29, 0.717) is 5.02 Å². The van der Waals surface area contributed by atoms with Crippen LogP contribution in [0.2, 0.25) is 5.02 Å². The highest BCUT2D eigenvalue weighted by molar-refractivity contribution is 6.31. The third-order valence-corrected chi connectivity index (χ3v) is 3.23. The van der Waals surface area contributed by atoms with Gasteiger partial charge in [-0.1, -0.05) is 17.7 Å². The quantitative estimate of drug-likeness (QED) is 0.754. The summed E-state index contributed by atoms with van der Waals surface area (Å²) >= 11 is 6.14. The van der Waals surface area contributed by atoms with Crippen LogP contribution in [0.15, 0.2) is 53.3 Å². The van der Waals surface area contributed by atoms with Gasteiger partial charge < -0.3 is 9.73 Å². The first-order valence-corrected chi connectivity index (χ1v) is 6.46. The summed E-state index contributed by atoms with van der Waals surface area (Å²) in [5.74, 6) is 0.879. The Kier molecular flexibility index (Phi) is 3.13. The van der Waals surface area contributed by atoms with E-state index < -0.39 is 0 Å². The fourth-order valence-corrected chi connectivity index (χ4v) is 2.33. The Morgan fingerprint density at radius 2 is 2.16 bits per heavy atom. The maximum Gasteiger partial charge on any atom is 0.125 e. The van der Waals surface area contributed by atoms with Gasteiger partial charge in [0, 0.05) is 16.6 Å². The highest BCUT2D eigenvalue weighted by Crippen LogP contribution is 2.29. The van der Waals surface area contributed by atoms with Crippen LogP contribution in [-0.4, -0.2) is 4.98 Å². The fourth-order valence-electron chi connectivity index (χ4n) is 2.11. The van der Waals surface area contributed by atoms with Crippen molar-refractivity contribution in [2.45, 2.75) is 13.0 Å². The predicted molar refractivity (Wildman–Crippen MR) is 77.5 cm³/mol. The second kappa shape index (κ2) is 4.94. The van der Waals surface area contributed by atoms with E-state index in [-0.39, 0.29) is 6.04 Å². The molecule has 0 bridgehead atoms. The maximum atomic E-state index is 6.14. The third-order valence-electron chi connectivity index (χ3n) is 3.01. The molecule has 0 aliphatic carbocycles. The van der Waals surface area contributed by atoms with Gasteiger partial charge in [0.15, 0.2) is 0 Å². The molecule has 0 radical (unpaired) electrons. The number of pyridine rings is 1. The van der Waals surface area contributed by atoms with E-state index in [2.05, 4.69) is 10.3 Å². The molecule has 3 aromatic rings. The van der Waals surface area contributed by atoms with Crippen molar-refractivity contribution >= 4 is 28.2 Å². The van der Waals surface area contributed by atoms with E-state index in [1.165, 1.54) is 0 Å². The monoisotopic (exact) mass is 272 g/mol. The summed E-state index contributed by atoms with van der Waals surface area (Å²) in [5, 5.41) is 5.09. The molecule has 2 aromatic heterocycles. The number of anilines is 1. The van der Waals surface area contributed by atoms with Gasteiger partial charge in [0.1, 0.15) is 5.76 Å². The zero-order valence-electron chi connectivity index (χ0n) is 10.4. The molecule has 19 heavy (non-hydrogen) atoms. The second-order valence-electron chi connectivity index (χ2n) is 4.41. The number of halogens is 1. The molecule has 0 spiro atoms. The summed E-state index contributed by atoms with van der Waals surface area (Å²) in [6.07, 6.45) is 3.45. The number of fused-ring (bicyclic) bond motifs is 1. The molecule has 3 rings (SSSR count). The number of aromatic nitrogens is 1. The molecular formula is C15H13ClN2O. The van der Waals surface area contributed by atoms with Gasteiger partial charge in [0.2, 0.25) is 0 Å². The van der Waals surface area contributed by atoms with Crippen LogP contribution in [0.1, 0.15) is 18.7 Å². The van der Waals surface area contributed by atoms with Crippen molar-refractivity contribution in [2.75, 3.05) is 5.32 Å². The highest BCUT2D eigenvalue weighted by atomic mass is 35.5. The standard InChI is InChI=1S/C15H13ClN2O/c1-10(14-5-3-7-19-14)18-13-9-12(16)8-11-4-2-6-17-15(11)13/h2-10,18H,1H3. The van der Waals surface area contributed by atoms with E-state index in [0.717, 1.165) is 22.4 Å². The summed E-state index contributed by atoms with van der Waals surface area (Å²) in [5.41, 5.74) is 1.82. The van der Waals surface area contributed by atoms with E-state index in [1.807, 2.05) is 43.3 Å². The first kappa shape index (κ1) is 12.1. The smallest absolute Gasteiger partial charge is 0.125 e. The van der Waals surface area contributed by atoms with Gasteiger partial charge in [-0.2, -0.15) is 0 Å². The Morgan fingerprint density at radius 3 is 2.95 bits per heavy atom. The number of benzene rings is 1. The Balaban J connectivity index is 2.00. The van der Waals surface area contributed by atoms with Crippen molar-refractivity contribution in [3.05, 3.63) is 59.6 Å². The van der Waals surface area contributed by atoms with Crippen LogP contribution < -0.4 is 5.32 Å². The topological polar surface area (TPSA) is 38.1 Å². The van der Waals surface area contributed by atoms with E-state index >= 15 is 0 Å². The lowest BCUT2D eigenvalue weighted by atomic mass is 10.1. The molecule has 0 aliphatic heterocycles. The van der Waals surface area contributed by atoms with Gasteiger partial charge in [-0.3, -0.25) is 4.98 Å². The van der Waals surface area contributed by atoms with Gasteiger partial charge in [-0.05, 0) is 37.3 Å². The van der Waals surface area contributed by atoms with E-state index in [9.17, 15) is 0 Å². The average Bonchev–Trinajstić information content (AvgIpc) is 2.92. The Morgan fingerprint density at radius 1 is 1.26 bits per heavy atom. The Hall–Kier alpha value is -2.00. The number of rotatable bonds is 3. The molecule has 1 N–H and O–H groups in total. The van der Waals surface area contributed by atoms with Crippen LogP contribution in [0.25, 0.3) is 10.9 Å². The van der Waals surface area contributed by atoms with Crippen molar-refractivity contribution in [3.63, 3.8) is 0 Å². The minimum Gasteiger partial charge on any atom is -0.467 e. The number of hydrogen-bond acceptors (Lipinski definition) is 3. The van der Waals surface area contributed by atoms with Crippen molar-refractivity contribution in [1.29, 1.82) is 0 Å². The zero-order chi connectivity index (χ0) is 13.2. The molecule has 0 aliphatic rings. The molecule has 4 heteroatoms. The summed E-state index contributed by atoms with van der Waals surface area (Å²) in [6.45, 7) is 2.04. The summed E-state index contributed by atoms with van der Waals surface area (Å²) in [4.78, 5) is 4.40. The van der Waals surface area contributed by atoms with Crippen molar-refractivity contribution < 1.29 is 4.42 Å². The molecule has 0 amide bonds. The van der Waals surface area contributed by atoms with Crippen LogP contribution in [-0.2, 0) is 0 Å². The number of nitrogens with one attached hydrogen (secondary N) is 1. The molecule has 0 saturated carbocycles. The molecule has 1 aromatic carbocycles. The molecule has 3 nitrogen and oxygen atoms in total. The van der Waals surface area contributed by atoms with Crippen molar-refractivity contribution in [1.82, 2.24) is 4.98 Å². The minimum absolute atomic E-state index is 0.0543. The molecule has 1 unspecified atom stereocenters. The molecular weight excluding hydrogens is 260 g/mol. The SMILES string of the molecule is CC(Nc1cc(Cl)cc2cccnc12)c1ccco1. The molecule has 0 fully saturated rings. The molecule has 1 atom stereocenters. The van der Waals surface area contributed by atoms with Crippen LogP contribution in [0.5, 0.6) is 0 Å². The molecule has 2 heterocycles. The normalized spacial score (nSPS) is 12.5. The number of nitrogens with zero attached hydrogens (tertiary/aromatic N) is 1. The van der Waals surface area contributed by atoms with Gasteiger partial charge in [0.25, 0.3) is 0 Å². The fraction of sp³-hybridized carbons (Fsp3) is 0.133. The van der Waals surface area contributed by atoms with E-state index in [1.54, 1.807) is 12.5 Å². The van der Waals surface area contributed by atoms with Crippen LogP contribution in [0.4, 0.5) is 5.69 Å². The Bertz CT molecular complexity index is 694. The largest absolute Gasteiger partial charge is 0.467 e. The first-order valence-electron chi connectivity index (χ1n) is 6.08.